The third-order valence-electron chi connectivity index (χ3n) is 4.03. The number of allylic oxidation sites excluding steroid dienone is 1. The molecule has 28 heavy (non-hydrogen) atoms. The predicted octanol–water partition coefficient (Wildman–Crippen LogP) is 2.78. The lowest BCUT2D eigenvalue weighted by Crippen LogP contribution is -2.44. The van der Waals surface area contributed by atoms with Crippen molar-refractivity contribution in [1.82, 2.24) is 15.5 Å². The summed E-state index contributed by atoms with van der Waals surface area (Å²) >= 11 is 3.13. The third kappa shape index (κ3) is 8.39. The zero-order valence-electron chi connectivity index (χ0n) is 16.2. The highest BCUT2D eigenvalue weighted by atomic mass is 79.9. The van der Waals surface area contributed by atoms with Gasteiger partial charge in [0.15, 0.2) is 5.78 Å². The molecule has 0 aliphatic heterocycles. The molecule has 8 heteroatoms. The van der Waals surface area contributed by atoms with Gasteiger partial charge in [0, 0.05) is 20.0 Å². The van der Waals surface area contributed by atoms with Crippen LogP contribution in [-0.2, 0) is 16.1 Å². The van der Waals surface area contributed by atoms with Crippen molar-refractivity contribution >= 4 is 33.7 Å². The van der Waals surface area contributed by atoms with Crippen LogP contribution >= 0.6 is 15.9 Å². The number of carbonyl (C=O) groups is 3. The summed E-state index contributed by atoms with van der Waals surface area (Å²) in [6.07, 6.45) is 3.98. The zero-order valence-corrected chi connectivity index (χ0v) is 17.8. The Balaban J connectivity index is 0.000000336. The number of primary amides is 1. The minimum Gasteiger partial charge on any atom is -0.364 e. The van der Waals surface area contributed by atoms with E-state index in [-0.39, 0.29) is 23.6 Å². The van der Waals surface area contributed by atoms with E-state index >= 15 is 0 Å². The summed E-state index contributed by atoms with van der Waals surface area (Å²) in [6.45, 7) is 5.75. The van der Waals surface area contributed by atoms with E-state index in [2.05, 4.69) is 33.1 Å². The average Bonchev–Trinajstić information content (AvgIpc) is 3.07. The topological polar surface area (TPSA) is 105 Å². The van der Waals surface area contributed by atoms with Crippen molar-refractivity contribution in [2.75, 3.05) is 7.05 Å². The van der Waals surface area contributed by atoms with E-state index in [1.165, 1.54) is 0 Å². The highest BCUT2D eigenvalue weighted by molar-refractivity contribution is 9.11. The number of Topliss-reactive ketones (excluding diaryl/α,β-unsaturated/α-hetero) is 1. The van der Waals surface area contributed by atoms with Gasteiger partial charge >= 0.3 is 6.03 Å². The van der Waals surface area contributed by atoms with Crippen LogP contribution < -0.4 is 16.4 Å². The van der Waals surface area contributed by atoms with Gasteiger partial charge in [-0.1, -0.05) is 43.0 Å². The quantitative estimate of drug-likeness (QED) is 0.457. The molecule has 0 radical (unpaired) electrons. The van der Waals surface area contributed by atoms with Crippen molar-refractivity contribution in [3.05, 3.63) is 58.9 Å². The first-order chi connectivity index (χ1) is 13.2. The molecule has 4 N–H and O–H groups in total. The second-order valence-electron chi connectivity index (χ2n) is 6.31. The van der Waals surface area contributed by atoms with Crippen LogP contribution in [0.2, 0.25) is 0 Å². The number of benzene rings is 1. The molecule has 1 unspecified atom stereocenters. The summed E-state index contributed by atoms with van der Waals surface area (Å²) in [6, 6.07) is 9.33. The van der Waals surface area contributed by atoms with Gasteiger partial charge in [0.05, 0.1) is 16.3 Å². The summed E-state index contributed by atoms with van der Waals surface area (Å²) in [5, 5.41) is 5.42. The molecule has 1 fully saturated rings. The van der Waals surface area contributed by atoms with E-state index in [1.807, 2.05) is 37.3 Å². The molecule has 1 atom stereocenters. The second kappa shape index (κ2) is 12.0. The lowest BCUT2D eigenvalue weighted by molar-refractivity contribution is -0.119. The molecule has 1 aliphatic carbocycles. The standard InChI is InChI=1S/C14H18N2O2.C6H9BrN2O/c1-16(10-11-6-3-2-4-7-11)14(18)15-12-8-5-9-13(12)17;1-3-5(7)9-4(2)6(8)10/h2-4,6-7,12H,5,8-10H2,1H3,(H,15,18);3,9H,2H2,1H3,(H2,8,10)/b;5-3-. The number of rotatable bonds is 6. The molecular weight excluding hydrogens is 424 g/mol. The van der Waals surface area contributed by atoms with Crippen molar-refractivity contribution in [2.24, 2.45) is 5.73 Å². The maximum absolute atomic E-state index is 11.9. The number of nitrogens with zero attached hydrogens (tertiary/aromatic N) is 1. The van der Waals surface area contributed by atoms with Crippen molar-refractivity contribution in [1.29, 1.82) is 0 Å². The Kier molecular flexibility index (Phi) is 10.0. The molecule has 152 valence electrons. The van der Waals surface area contributed by atoms with Gasteiger partial charge in [-0.15, -0.1) is 0 Å². The second-order valence-corrected chi connectivity index (χ2v) is 7.16. The Labute approximate surface area is 174 Å². The van der Waals surface area contributed by atoms with Crippen LogP contribution in [0.3, 0.4) is 0 Å². The summed E-state index contributed by atoms with van der Waals surface area (Å²) in [7, 11) is 1.74. The minimum absolute atomic E-state index is 0.150. The van der Waals surface area contributed by atoms with Crippen LogP contribution in [0.5, 0.6) is 0 Å². The number of ketones is 1. The van der Waals surface area contributed by atoms with Gasteiger partial charge in [-0.2, -0.15) is 0 Å². The fourth-order valence-corrected chi connectivity index (χ4v) is 2.67. The Morgan fingerprint density at radius 1 is 1.36 bits per heavy atom. The lowest BCUT2D eigenvalue weighted by Gasteiger charge is -2.20. The molecule has 1 aliphatic rings. The number of nitrogens with two attached hydrogens (primary N) is 1. The number of halogens is 1. The fraction of sp³-hybridized carbons (Fsp3) is 0.350. The summed E-state index contributed by atoms with van der Waals surface area (Å²) in [4.78, 5) is 35.3. The van der Waals surface area contributed by atoms with Crippen molar-refractivity contribution in [3.63, 3.8) is 0 Å². The van der Waals surface area contributed by atoms with Gasteiger partial charge in [0.2, 0.25) is 0 Å². The van der Waals surface area contributed by atoms with Crippen molar-refractivity contribution < 1.29 is 14.4 Å². The van der Waals surface area contributed by atoms with Crippen LogP contribution in [0, 0.1) is 0 Å². The van der Waals surface area contributed by atoms with E-state index < -0.39 is 5.91 Å². The number of hydrogen-bond donors (Lipinski definition) is 3. The molecule has 0 aromatic heterocycles. The molecule has 0 saturated heterocycles. The SMILES string of the molecule is C=C(N/C(Br)=C\C)C(N)=O.CN(Cc1ccccc1)C(=O)NC1CCCC1=O. The van der Waals surface area contributed by atoms with Gasteiger partial charge in [-0.05, 0) is 41.3 Å². The average molecular weight is 451 g/mol. The normalized spacial score (nSPS) is 15.9. The first-order valence-electron chi connectivity index (χ1n) is 8.90. The van der Waals surface area contributed by atoms with Gasteiger partial charge in [0.1, 0.15) is 0 Å². The summed E-state index contributed by atoms with van der Waals surface area (Å²) in [5.41, 5.74) is 6.14. The summed E-state index contributed by atoms with van der Waals surface area (Å²) < 4.78 is 0.677. The van der Waals surface area contributed by atoms with E-state index in [0.29, 0.717) is 17.6 Å². The van der Waals surface area contributed by atoms with Crippen LogP contribution in [0.1, 0.15) is 31.7 Å². The first kappa shape index (κ1) is 23.4. The van der Waals surface area contributed by atoms with Crippen LogP contribution in [0.4, 0.5) is 4.79 Å². The van der Waals surface area contributed by atoms with Gasteiger partial charge in [0.25, 0.3) is 5.91 Å². The molecule has 7 nitrogen and oxygen atoms in total. The predicted molar refractivity (Wildman–Crippen MR) is 113 cm³/mol. The molecular formula is C20H27BrN4O3. The molecule has 3 amide bonds. The Morgan fingerprint density at radius 3 is 2.50 bits per heavy atom. The van der Waals surface area contributed by atoms with E-state index in [4.69, 9.17) is 5.73 Å². The maximum Gasteiger partial charge on any atom is 0.318 e. The van der Waals surface area contributed by atoms with E-state index in [1.54, 1.807) is 18.0 Å². The van der Waals surface area contributed by atoms with Gasteiger partial charge in [-0.25, -0.2) is 4.79 Å². The minimum atomic E-state index is -0.557. The van der Waals surface area contributed by atoms with Crippen LogP contribution in [0.25, 0.3) is 0 Å². The molecule has 1 aromatic rings. The van der Waals surface area contributed by atoms with Crippen LogP contribution in [-0.4, -0.2) is 35.7 Å². The maximum atomic E-state index is 11.9. The van der Waals surface area contributed by atoms with Crippen molar-refractivity contribution in [2.45, 2.75) is 38.8 Å². The molecule has 0 bridgehead atoms. The first-order valence-corrected chi connectivity index (χ1v) is 9.69. The Bertz CT molecular complexity index is 734. The molecule has 0 heterocycles. The zero-order chi connectivity index (χ0) is 21.1. The summed E-state index contributed by atoms with van der Waals surface area (Å²) in [5.74, 6) is -0.407. The monoisotopic (exact) mass is 450 g/mol. The largest absolute Gasteiger partial charge is 0.364 e. The van der Waals surface area contributed by atoms with E-state index in [0.717, 1.165) is 18.4 Å². The molecule has 1 saturated carbocycles. The van der Waals surface area contributed by atoms with Gasteiger partial charge in [-0.3, -0.25) is 9.59 Å². The molecule has 0 spiro atoms. The van der Waals surface area contributed by atoms with Crippen LogP contribution in [0.15, 0.2) is 53.3 Å². The smallest absolute Gasteiger partial charge is 0.318 e. The highest BCUT2D eigenvalue weighted by Gasteiger charge is 2.26. The number of urea groups is 1. The number of nitrogens with one attached hydrogen (secondary N) is 2. The Hall–Kier alpha value is -2.61. The number of carbonyl (C=O) groups excluding carboxylic acids is 3. The number of amides is 3. The molecule has 2 rings (SSSR count). The van der Waals surface area contributed by atoms with Crippen molar-refractivity contribution in [3.8, 4) is 0 Å². The lowest BCUT2D eigenvalue weighted by atomic mass is 10.2. The van der Waals surface area contributed by atoms with Gasteiger partial charge < -0.3 is 21.3 Å². The third-order valence-corrected chi connectivity index (χ3v) is 4.69. The highest BCUT2D eigenvalue weighted by Crippen LogP contribution is 2.14. The fourth-order valence-electron chi connectivity index (χ4n) is 2.43. The number of hydrogen-bond acceptors (Lipinski definition) is 4. The Morgan fingerprint density at radius 2 is 2.00 bits per heavy atom. The molecule has 1 aromatic carbocycles. The van der Waals surface area contributed by atoms with E-state index in [9.17, 15) is 14.4 Å².